The lowest BCUT2D eigenvalue weighted by molar-refractivity contribution is 0.0669. The minimum Gasteiger partial charge on any atom is -0.284 e. The van der Waals surface area contributed by atoms with Crippen LogP contribution in [0.4, 0.5) is 0 Å². The molecule has 5 nitrogen and oxygen atoms in total. The predicted molar refractivity (Wildman–Crippen MR) is 107 cm³/mol. The number of benzene rings is 2. The standard InChI is InChI=1S/C22H24N4O/c1-16-7-8-18-13-19(9-10-21(18)23-16)22(27)24-25(2)15-26-12-11-17-5-3-4-6-20(17)14-26/h3-10,13H,11-12,14-15H2,1-2H3,(H,24,27). The zero-order valence-corrected chi connectivity index (χ0v) is 15.8. The normalized spacial score (nSPS) is 14.3. The van der Waals surface area contributed by atoms with Gasteiger partial charge in [0.15, 0.2) is 0 Å². The van der Waals surface area contributed by atoms with E-state index in [0.717, 1.165) is 36.1 Å². The molecule has 0 aliphatic carbocycles. The molecule has 0 unspecified atom stereocenters. The van der Waals surface area contributed by atoms with Crippen LogP contribution in [-0.4, -0.2) is 41.1 Å². The Bertz CT molecular complexity index is 985. The zero-order chi connectivity index (χ0) is 18.8. The first kappa shape index (κ1) is 17.6. The highest BCUT2D eigenvalue weighted by atomic mass is 16.2. The van der Waals surface area contributed by atoms with Crippen LogP contribution in [0.25, 0.3) is 10.9 Å². The van der Waals surface area contributed by atoms with Gasteiger partial charge in [0.25, 0.3) is 5.91 Å². The van der Waals surface area contributed by atoms with Crippen LogP contribution < -0.4 is 5.43 Å². The largest absolute Gasteiger partial charge is 0.284 e. The van der Waals surface area contributed by atoms with Crippen molar-refractivity contribution >= 4 is 16.8 Å². The third kappa shape index (κ3) is 3.99. The van der Waals surface area contributed by atoms with Gasteiger partial charge in [-0.25, -0.2) is 5.01 Å². The van der Waals surface area contributed by atoms with Crippen LogP contribution in [0.15, 0.2) is 54.6 Å². The fraction of sp³-hybridized carbons (Fsp3) is 0.273. The summed E-state index contributed by atoms with van der Waals surface area (Å²) in [7, 11) is 1.91. The second kappa shape index (κ2) is 7.47. The number of hydrazine groups is 1. The van der Waals surface area contributed by atoms with Gasteiger partial charge in [-0.2, -0.15) is 0 Å². The molecule has 0 radical (unpaired) electrons. The van der Waals surface area contributed by atoms with Crippen LogP contribution in [0, 0.1) is 6.92 Å². The maximum absolute atomic E-state index is 12.6. The van der Waals surface area contributed by atoms with Crippen LogP contribution in [0.1, 0.15) is 27.2 Å². The Labute approximate surface area is 159 Å². The molecule has 0 bridgehead atoms. The second-order valence-electron chi connectivity index (χ2n) is 7.21. The molecule has 0 fully saturated rings. The highest BCUT2D eigenvalue weighted by Gasteiger charge is 2.18. The van der Waals surface area contributed by atoms with Gasteiger partial charge in [0.05, 0.1) is 12.2 Å². The molecule has 1 aromatic heterocycles. The van der Waals surface area contributed by atoms with E-state index in [4.69, 9.17) is 0 Å². The summed E-state index contributed by atoms with van der Waals surface area (Å²) in [4.78, 5) is 19.4. The van der Waals surface area contributed by atoms with Crippen molar-refractivity contribution in [3.63, 3.8) is 0 Å². The van der Waals surface area contributed by atoms with Gasteiger partial charge < -0.3 is 0 Å². The molecule has 1 N–H and O–H groups in total. The van der Waals surface area contributed by atoms with Gasteiger partial charge in [0, 0.05) is 36.8 Å². The Morgan fingerprint density at radius 3 is 2.81 bits per heavy atom. The maximum Gasteiger partial charge on any atom is 0.265 e. The Morgan fingerprint density at radius 1 is 1.15 bits per heavy atom. The first-order valence-electron chi connectivity index (χ1n) is 9.27. The van der Waals surface area contributed by atoms with Crippen molar-refractivity contribution in [1.82, 2.24) is 20.3 Å². The Kier molecular flexibility index (Phi) is 4.88. The number of amides is 1. The van der Waals surface area contributed by atoms with E-state index in [2.05, 4.69) is 39.6 Å². The number of carbonyl (C=O) groups excluding carboxylic acids is 1. The fourth-order valence-electron chi connectivity index (χ4n) is 3.62. The lowest BCUT2D eigenvalue weighted by Crippen LogP contribution is -2.47. The van der Waals surface area contributed by atoms with Gasteiger partial charge >= 0.3 is 0 Å². The smallest absolute Gasteiger partial charge is 0.265 e. The van der Waals surface area contributed by atoms with E-state index in [9.17, 15) is 4.79 Å². The van der Waals surface area contributed by atoms with Gasteiger partial charge in [-0.1, -0.05) is 30.3 Å². The summed E-state index contributed by atoms with van der Waals surface area (Å²) in [6.45, 7) is 4.57. The van der Waals surface area contributed by atoms with Gasteiger partial charge in [-0.05, 0) is 48.7 Å². The fourth-order valence-corrected chi connectivity index (χ4v) is 3.62. The topological polar surface area (TPSA) is 48.5 Å². The molecular formula is C22H24N4O. The average Bonchev–Trinajstić information content (AvgIpc) is 2.67. The molecule has 1 amide bonds. The molecule has 0 saturated carbocycles. The van der Waals surface area contributed by atoms with E-state index in [1.165, 1.54) is 11.1 Å². The highest BCUT2D eigenvalue weighted by molar-refractivity contribution is 5.97. The summed E-state index contributed by atoms with van der Waals surface area (Å²) < 4.78 is 0. The van der Waals surface area contributed by atoms with Crippen molar-refractivity contribution in [1.29, 1.82) is 0 Å². The van der Waals surface area contributed by atoms with Crippen LogP contribution in [0.2, 0.25) is 0 Å². The Balaban J connectivity index is 1.39. The van der Waals surface area contributed by atoms with E-state index in [1.54, 1.807) is 0 Å². The van der Waals surface area contributed by atoms with Gasteiger partial charge in [-0.3, -0.25) is 20.1 Å². The first-order valence-corrected chi connectivity index (χ1v) is 9.27. The van der Waals surface area contributed by atoms with Gasteiger partial charge in [0.1, 0.15) is 0 Å². The van der Waals surface area contributed by atoms with Gasteiger partial charge in [-0.15, -0.1) is 0 Å². The molecule has 4 rings (SSSR count). The lowest BCUT2D eigenvalue weighted by atomic mass is 10.0. The van der Waals surface area contributed by atoms with Crippen molar-refractivity contribution in [3.05, 3.63) is 77.0 Å². The molecule has 5 heteroatoms. The number of nitrogens with one attached hydrogen (secondary N) is 1. The van der Waals surface area contributed by atoms with Crippen LogP contribution in [-0.2, 0) is 13.0 Å². The van der Waals surface area contributed by atoms with E-state index < -0.39 is 0 Å². The number of aryl methyl sites for hydroxylation is 1. The minimum atomic E-state index is -0.0996. The molecule has 1 aliphatic heterocycles. The highest BCUT2D eigenvalue weighted by Crippen LogP contribution is 2.18. The van der Waals surface area contributed by atoms with Gasteiger partial charge in [0.2, 0.25) is 0 Å². The number of hydrogen-bond donors (Lipinski definition) is 1. The number of rotatable bonds is 4. The quantitative estimate of drug-likeness (QED) is 0.726. The molecule has 27 heavy (non-hydrogen) atoms. The van der Waals surface area contributed by atoms with Crippen LogP contribution >= 0.6 is 0 Å². The number of hydrogen-bond acceptors (Lipinski definition) is 4. The summed E-state index contributed by atoms with van der Waals surface area (Å²) >= 11 is 0. The molecule has 0 atom stereocenters. The van der Waals surface area contributed by atoms with Crippen molar-refractivity contribution in [3.8, 4) is 0 Å². The molecule has 0 saturated heterocycles. The summed E-state index contributed by atoms with van der Waals surface area (Å²) in [6, 6.07) is 18.2. The average molecular weight is 360 g/mol. The number of aromatic nitrogens is 1. The van der Waals surface area contributed by atoms with Crippen molar-refractivity contribution in [2.75, 3.05) is 20.3 Å². The molecule has 3 aromatic rings. The maximum atomic E-state index is 12.6. The third-order valence-electron chi connectivity index (χ3n) is 5.00. The third-order valence-corrected chi connectivity index (χ3v) is 5.00. The van der Waals surface area contributed by atoms with E-state index in [0.29, 0.717) is 12.2 Å². The molecule has 138 valence electrons. The Morgan fingerprint density at radius 2 is 1.96 bits per heavy atom. The van der Waals surface area contributed by atoms with E-state index in [1.807, 2.05) is 49.3 Å². The number of nitrogens with zero attached hydrogens (tertiary/aromatic N) is 3. The summed E-state index contributed by atoms with van der Waals surface area (Å²) in [5.41, 5.74) is 8.31. The Hall–Kier alpha value is -2.76. The SMILES string of the molecule is Cc1ccc2cc(C(=O)NN(C)CN3CCc4ccccc4C3)ccc2n1. The number of fused-ring (bicyclic) bond motifs is 2. The molecule has 2 aromatic carbocycles. The summed E-state index contributed by atoms with van der Waals surface area (Å²) in [5, 5.41) is 2.83. The number of pyridine rings is 1. The first-order chi connectivity index (χ1) is 13.1. The summed E-state index contributed by atoms with van der Waals surface area (Å²) in [5.74, 6) is -0.0996. The molecular weight excluding hydrogens is 336 g/mol. The van der Waals surface area contributed by atoms with E-state index in [-0.39, 0.29) is 5.91 Å². The molecule has 2 heterocycles. The molecule has 1 aliphatic rings. The zero-order valence-electron chi connectivity index (χ0n) is 15.8. The summed E-state index contributed by atoms with van der Waals surface area (Å²) in [6.07, 6.45) is 1.05. The minimum absolute atomic E-state index is 0.0996. The lowest BCUT2D eigenvalue weighted by Gasteiger charge is -2.32. The number of carbonyl (C=O) groups is 1. The van der Waals surface area contributed by atoms with E-state index >= 15 is 0 Å². The van der Waals surface area contributed by atoms with Crippen LogP contribution in [0.5, 0.6) is 0 Å². The molecule has 0 spiro atoms. The van der Waals surface area contributed by atoms with Crippen LogP contribution in [0.3, 0.4) is 0 Å². The van der Waals surface area contributed by atoms with Crippen molar-refractivity contribution in [2.24, 2.45) is 0 Å². The van der Waals surface area contributed by atoms with Crippen molar-refractivity contribution in [2.45, 2.75) is 19.9 Å². The monoisotopic (exact) mass is 360 g/mol. The second-order valence-corrected chi connectivity index (χ2v) is 7.21. The predicted octanol–water partition coefficient (Wildman–Crippen LogP) is 3.14. The van der Waals surface area contributed by atoms with Crippen molar-refractivity contribution < 1.29 is 4.79 Å².